The monoisotopic (exact) mass is 699 g/mol. The predicted octanol–water partition coefficient (Wildman–Crippen LogP) is 7.63. The first-order valence-electron chi connectivity index (χ1n) is 14.8. The molecule has 1 N–H and O–H groups in total. The smallest absolute Gasteiger partial charge is 0.264 e. The molecular weight excluding hydrogens is 665 g/mol. The van der Waals surface area contributed by atoms with Crippen molar-refractivity contribution in [1.29, 1.82) is 0 Å². The molecule has 0 radical (unpaired) electrons. The molecule has 0 bridgehead atoms. The van der Waals surface area contributed by atoms with Crippen molar-refractivity contribution in [1.82, 2.24) is 10.2 Å². The number of aryl methyl sites for hydroxylation is 1. The second-order valence-electron chi connectivity index (χ2n) is 11.0. The average Bonchev–Trinajstić information content (AvgIpc) is 3.04. The molecular formula is C35H36Cl3N3O4S. The molecule has 1 unspecified atom stereocenters. The van der Waals surface area contributed by atoms with Crippen LogP contribution in [0.25, 0.3) is 0 Å². The Morgan fingerprint density at radius 2 is 1.50 bits per heavy atom. The van der Waals surface area contributed by atoms with Gasteiger partial charge in [0.25, 0.3) is 10.0 Å². The number of anilines is 1. The molecule has 46 heavy (non-hydrogen) atoms. The molecule has 0 aromatic heterocycles. The van der Waals surface area contributed by atoms with Crippen LogP contribution in [0.4, 0.5) is 5.69 Å². The van der Waals surface area contributed by atoms with E-state index < -0.39 is 28.5 Å². The maximum absolute atomic E-state index is 14.6. The summed E-state index contributed by atoms with van der Waals surface area (Å²) in [7, 11) is -4.25. The highest BCUT2D eigenvalue weighted by atomic mass is 35.5. The predicted molar refractivity (Wildman–Crippen MR) is 186 cm³/mol. The third kappa shape index (κ3) is 8.62. The summed E-state index contributed by atoms with van der Waals surface area (Å²) in [6.07, 6.45) is 0.894. The highest BCUT2D eigenvalue weighted by Gasteiger charge is 2.35. The molecule has 0 fully saturated rings. The van der Waals surface area contributed by atoms with E-state index >= 15 is 0 Å². The number of hydrogen-bond donors (Lipinski definition) is 1. The van der Waals surface area contributed by atoms with Gasteiger partial charge in [0.1, 0.15) is 12.6 Å². The van der Waals surface area contributed by atoms with Gasteiger partial charge in [-0.1, -0.05) is 102 Å². The lowest BCUT2D eigenvalue weighted by Gasteiger charge is -2.34. The van der Waals surface area contributed by atoms with Crippen molar-refractivity contribution in [3.05, 3.63) is 128 Å². The molecule has 4 rings (SSSR count). The van der Waals surface area contributed by atoms with E-state index in [9.17, 15) is 18.0 Å². The zero-order valence-corrected chi connectivity index (χ0v) is 28.9. The first-order valence-corrected chi connectivity index (χ1v) is 17.4. The summed E-state index contributed by atoms with van der Waals surface area (Å²) in [4.78, 5) is 29.8. The fourth-order valence-corrected chi connectivity index (χ4v) is 6.93. The third-order valence-corrected chi connectivity index (χ3v) is 10.5. The molecule has 11 heteroatoms. The van der Waals surface area contributed by atoms with Crippen LogP contribution in [0.5, 0.6) is 0 Å². The van der Waals surface area contributed by atoms with Crippen LogP contribution < -0.4 is 9.62 Å². The molecule has 7 nitrogen and oxygen atoms in total. The van der Waals surface area contributed by atoms with Gasteiger partial charge in [-0.3, -0.25) is 13.9 Å². The number of nitrogens with zero attached hydrogens (tertiary/aromatic N) is 2. The fourth-order valence-electron chi connectivity index (χ4n) is 4.97. The SMILES string of the molecule is CCCNC(=O)C(Cc1ccccc1)N(Cc1ccc(Cl)c(Cl)c1)C(=O)CN(c1cccc(Cl)c1C)S(=O)(=O)c1ccc(C)cc1. The molecule has 0 saturated heterocycles. The van der Waals surface area contributed by atoms with E-state index in [2.05, 4.69) is 5.32 Å². The highest BCUT2D eigenvalue weighted by Crippen LogP contribution is 2.32. The third-order valence-electron chi connectivity index (χ3n) is 7.55. The van der Waals surface area contributed by atoms with Crippen molar-refractivity contribution in [3.63, 3.8) is 0 Å². The van der Waals surface area contributed by atoms with E-state index in [0.29, 0.717) is 39.2 Å². The lowest BCUT2D eigenvalue weighted by Crippen LogP contribution is -2.53. The minimum absolute atomic E-state index is 0.0165. The molecule has 0 saturated carbocycles. The molecule has 0 heterocycles. The van der Waals surface area contributed by atoms with Crippen molar-refractivity contribution in [3.8, 4) is 0 Å². The Morgan fingerprint density at radius 3 is 2.15 bits per heavy atom. The minimum atomic E-state index is -4.25. The van der Waals surface area contributed by atoms with Gasteiger partial charge in [-0.15, -0.1) is 0 Å². The van der Waals surface area contributed by atoms with E-state index in [1.807, 2.05) is 44.2 Å². The summed E-state index contributed by atoms with van der Waals surface area (Å²) in [6.45, 7) is 5.28. The second-order valence-corrected chi connectivity index (χ2v) is 14.1. The Morgan fingerprint density at radius 1 is 0.804 bits per heavy atom. The second kappa shape index (κ2) is 15.8. The Labute approximate surface area is 286 Å². The molecule has 0 spiro atoms. The van der Waals surface area contributed by atoms with Crippen molar-refractivity contribution < 1.29 is 18.0 Å². The molecule has 4 aromatic carbocycles. The fraction of sp³-hybridized carbons (Fsp3) is 0.257. The standard InChI is InChI=1S/C35H36Cl3N3O4S/c1-4-19-39-35(43)33(21-26-9-6-5-7-10-26)40(22-27-15-18-30(37)31(38)20-27)34(42)23-41(32-12-8-11-29(36)25(32)3)46(44,45)28-16-13-24(2)14-17-28/h5-18,20,33H,4,19,21-23H2,1-3H3,(H,39,43). The van der Waals surface area contributed by atoms with Gasteiger partial charge in [-0.2, -0.15) is 0 Å². The highest BCUT2D eigenvalue weighted by molar-refractivity contribution is 7.92. The van der Waals surface area contributed by atoms with Crippen LogP contribution in [0.15, 0.2) is 95.9 Å². The number of rotatable bonds is 13. The van der Waals surface area contributed by atoms with Gasteiger partial charge in [-0.25, -0.2) is 8.42 Å². The number of halogens is 3. The summed E-state index contributed by atoms with van der Waals surface area (Å²) in [5, 5.41) is 3.91. The zero-order chi connectivity index (χ0) is 33.4. The van der Waals surface area contributed by atoms with Crippen LogP contribution in [0.2, 0.25) is 15.1 Å². The van der Waals surface area contributed by atoms with Crippen LogP contribution in [-0.2, 0) is 32.6 Å². The van der Waals surface area contributed by atoms with E-state index in [0.717, 1.165) is 15.4 Å². The molecule has 0 aliphatic carbocycles. The number of carbonyl (C=O) groups is 2. The first kappa shape index (κ1) is 35.3. The van der Waals surface area contributed by atoms with E-state index in [-0.39, 0.29) is 29.5 Å². The summed E-state index contributed by atoms with van der Waals surface area (Å²) < 4.78 is 29.5. The maximum Gasteiger partial charge on any atom is 0.264 e. The Kier molecular flexibility index (Phi) is 12.1. The number of amides is 2. The van der Waals surface area contributed by atoms with E-state index in [1.54, 1.807) is 55.5 Å². The quantitative estimate of drug-likeness (QED) is 0.156. The van der Waals surface area contributed by atoms with Crippen molar-refractivity contribution in [2.75, 3.05) is 17.4 Å². The minimum Gasteiger partial charge on any atom is -0.354 e. The molecule has 0 aliphatic heterocycles. The van der Waals surface area contributed by atoms with Gasteiger partial charge in [0.05, 0.1) is 20.6 Å². The largest absolute Gasteiger partial charge is 0.354 e. The van der Waals surface area contributed by atoms with E-state index in [1.165, 1.54) is 17.0 Å². The molecule has 0 aliphatic rings. The molecule has 1 atom stereocenters. The number of hydrogen-bond acceptors (Lipinski definition) is 4. The van der Waals surface area contributed by atoms with E-state index in [4.69, 9.17) is 34.8 Å². The van der Waals surface area contributed by atoms with Crippen LogP contribution in [-0.4, -0.2) is 44.3 Å². The topological polar surface area (TPSA) is 86.8 Å². The summed E-state index contributed by atoms with van der Waals surface area (Å²) in [6, 6.07) is 24.7. The Balaban J connectivity index is 1.84. The van der Waals surface area contributed by atoms with Crippen molar-refractivity contribution in [2.24, 2.45) is 0 Å². The summed E-state index contributed by atoms with van der Waals surface area (Å²) in [5.41, 5.74) is 3.09. The van der Waals surface area contributed by atoms with Gasteiger partial charge < -0.3 is 10.2 Å². The normalized spacial score (nSPS) is 12.0. The molecule has 2 amide bonds. The maximum atomic E-state index is 14.6. The number of nitrogens with one attached hydrogen (secondary N) is 1. The molecule has 4 aromatic rings. The lowest BCUT2D eigenvalue weighted by molar-refractivity contribution is -0.140. The Bertz CT molecular complexity index is 1790. The first-order chi connectivity index (χ1) is 21.9. The van der Waals surface area contributed by atoms with Crippen molar-refractivity contribution >= 4 is 62.3 Å². The van der Waals surface area contributed by atoms with Crippen LogP contribution in [0.3, 0.4) is 0 Å². The zero-order valence-electron chi connectivity index (χ0n) is 25.8. The average molecular weight is 701 g/mol. The van der Waals surface area contributed by atoms with Gasteiger partial charge in [0.15, 0.2) is 0 Å². The summed E-state index contributed by atoms with van der Waals surface area (Å²) >= 11 is 19.0. The molecule has 242 valence electrons. The van der Waals surface area contributed by atoms with Crippen LogP contribution in [0.1, 0.15) is 35.6 Å². The Hall–Kier alpha value is -3.56. The van der Waals surface area contributed by atoms with Gasteiger partial charge in [0, 0.05) is 24.5 Å². The van der Waals surface area contributed by atoms with Gasteiger partial charge in [-0.05, 0) is 73.4 Å². The van der Waals surface area contributed by atoms with Gasteiger partial charge >= 0.3 is 0 Å². The van der Waals surface area contributed by atoms with Crippen LogP contribution in [0, 0.1) is 13.8 Å². The summed E-state index contributed by atoms with van der Waals surface area (Å²) in [5.74, 6) is -0.945. The number of sulfonamides is 1. The van der Waals surface area contributed by atoms with Crippen molar-refractivity contribution in [2.45, 2.75) is 51.1 Å². The number of carbonyl (C=O) groups excluding carboxylic acids is 2. The lowest BCUT2D eigenvalue weighted by atomic mass is 10.0. The number of benzene rings is 4. The van der Waals surface area contributed by atoms with Gasteiger partial charge in [0.2, 0.25) is 11.8 Å². The van der Waals surface area contributed by atoms with Crippen LogP contribution >= 0.6 is 34.8 Å².